The van der Waals surface area contributed by atoms with Gasteiger partial charge < -0.3 is 10.2 Å². The van der Waals surface area contributed by atoms with E-state index in [-0.39, 0.29) is 5.41 Å². The molecule has 49 heavy (non-hydrogen) atoms. The van der Waals surface area contributed by atoms with Gasteiger partial charge in [-0.1, -0.05) is 157 Å². The summed E-state index contributed by atoms with van der Waals surface area (Å²) < 4.78 is 0. The minimum absolute atomic E-state index is 0.0576. The third-order valence-electron chi connectivity index (χ3n) is 10.8. The van der Waals surface area contributed by atoms with Crippen molar-refractivity contribution in [3.8, 4) is 33.4 Å². The zero-order valence-electron chi connectivity index (χ0n) is 30.3. The number of hydrogen-bond donors (Lipinski definition) is 3. The van der Waals surface area contributed by atoms with Crippen LogP contribution in [0.15, 0.2) is 89.8 Å². The van der Waals surface area contributed by atoms with E-state index in [1.165, 1.54) is 127 Å². The minimum atomic E-state index is -0.548. The van der Waals surface area contributed by atoms with Gasteiger partial charge >= 0.3 is 0 Å². The van der Waals surface area contributed by atoms with Crippen molar-refractivity contribution in [2.24, 2.45) is 5.92 Å². The molecule has 2 N–H and O–H groups in total. The van der Waals surface area contributed by atoms with Gasteiger partial charge in [-0.2, -0.15) is 12.6 Å². The fraction of sp³-hybridized carbons (Fsp3) is 0.467. The van der Waals surface area contributed by atoms with Gasteiger partial charge in [0.25, 0.3) is 0 Å². The number of thiol groups is 1. The van der Waals surface area contributed by atoms with Crippen LogP contribution in [0.3, 0.4) is 0 Å². The fourth-order valence-electron chi connectivity index (χ4n) is 8.08. The SMILES string of the molecule is CCCCCCCCC1(C(C)CCCCCC)c2cc(-c3ccc(SC(C)O)cc3)ccc2-c2ccc(-c3ccc(C(O)CS)cc3)cc21. The predicted octanol–water partition coefficient (Wildman–Crippen LogP) is 13.0. The van der Waals surface area contributed by atoms with Gasteiger partial charge in [0, 0.05) is 16.1 Å². The molecule has 4 unspecified atom stereocenters. The van der Waals surface area contributed by atoms with Crippen LogP contribution in [-0.2, 0) is 5.41 Å². The highest BCUT2D eigenvalue weighted by Gasteiger charge is 2.46. The van der Waals surface area contributed by atoms with Crippen molar-refractivity contribution in [3.63, 3.8) is 0 Å². The van der Waals surface area contributed by atoms with Crippen LogP contribution in [0, 0.1) is 5.92 Å². The maximum Gasteiger partial charge on any atom is 0.101 e. The molecule has 0 saturated carbocycles. The smallest absolute Gasteiger partial charge is 0.101 e. The van der Waals surface area contributed by atoms with Crippen molar-refractivity contribution in [1.29, 1.82) is 0 Å². The van der Waals surface area contributed by atoms with E-state index in [0.29, 0.717) is 11.7 Å². The Kier molecular flexibility index (Phi) is 14.0. The van der Waals surface area contributed by atoms with Crippen LogP contribution in [-0.4, -0.2) is 21.4 Å². The van der Waals surface area contributed by atoms with Gasteiger partial charge in [0.05, 0.1) is 6.10 Å². The average molecular weight is 695 g/mol. The van der Waals surface area contributed by atoms with Crippen LogP contribution in [0.25, 0.3) is 33.4 Å². The standard InChI is InChI=1S/C45H58O2S2/c1-5-7-9-11-12-14-28-45(32(3)15-13-10-8-6-2)42-29-37(34-16-18-36(19-17-34)44(47)31-48)22-26-40(42)41-27-23-38(30-43(41)45)35-20-24-39(25-21-35)49-33(4)46/h16-27,29-30,32-33,44,46-48H,5-15,28,31H2,1-4H3. The zero-order chi connectivity index (χ0) is 34.8. The summed E-state index contributed by atoms with van der Waals surface area (Å²) in [6.45, 7) is 8.96. The molecule has 1 aliphatic rings. The molecule has 0 amide bonds. The molecule has 0 saturated heterocycles. The summed E-state index contributed by atoms with van der Waals surface area (Å²) in [6, 6.07) is 31.6. The van der Waals surface area contributed by atoms with Crippen molar-refractivity contribution in [2.75, 3.05) is 5.75 Å². The molecule has 5 rings (SSSR count). The van der Waals surface area contributed by atoms with Crippen molar-refractivity contribution >= 4 is 24.4 Å². The molecule has 1 aliphatic carbocycles. The maximum atomic E-state index is 10.4. The molecule has 0 aliphatic heterocycles. The maximum absolute atomic E-state index is 10.4. The Morgan fingerprint density at radius 1 is 0.612 bits per heavy atom. The minimum Gasteiger partial charge on any atom is -0.388 e. The molecular formula is C45H58O2S2. The normalized spacial score (nSPS) is 17.0. The molecular weight excluding hydrogens is 637 g/mol. The summed E-state index contributed by atoms with van der Waals surface area (Å²) in [5.74, 6) is 0.920. The van der Waals surface area contributed by atoms with Gasteiger partial charge in [0.1, 0.15) is 5.44 Å². The summed E-state index contributed by atoms with van der Waals surface area (Å²) in [5.41, 5.74) is 11.1. The summed E-state index contributed by atoms with van der Waals surface area (Å²) >= 11 is 5.79. The van der Waals surface area contributed by atoms with Gasteiger partial charge in [-0.25, -0.2) is 0 Å². The van der Waals surface area contributed by atoms with E-state index in [4.69, 9.17) is 0 Å². The Balaban J connectivity index is 1.60. The molecule has 0 fully saturated rings. The van der Waals surface area contributed by atoms with Gasteiger partial charge in [-0.3, -0.25) is 0 Å². The molecule has 0 bridgehead atoms. The first kappa shape index (κ1) is 37.7. The van der Waals surface area contributed by atoms with Crippen LogP contribution < -0.4 is 0 Å². The van der Waals surface area contributed by atoms with Gasteiger partial charge in [-0.15, -0.1) is 0 Å². The highest BCUT2D eigenvalue weighted by atomic mass is 32.2. The molecule has 262 valence electrons. The highest BCUT2D eigenvalue weighted by Crippen LogP contribution is 2.57. The van der Waals surface area contributed by atoms with Crippen LogP contribution in [0.4, 0.5) is 0 Å². The summed E-state index contributed by atoms with van der Waals surface area (Å²) in [7, 11) is 0. The first-order chi connectivity index (χ1) is 23.8. The summed E-state index contributed by atoms with van der Waals surface area (Å²) in [5, 5.41) is 20.3. The molecule has 0 spiro atoms. The van der Waals surface area contributed by atoms with Gasteiger partial charge in [-0.05, 0) is 100 Å². The third-order valence-corrected chi connectivity index (χ3v) is 12.1. The Morgan fingerprint density at radius 3 is 1.63 bits per heavy atom. The number of rotatable bonds is 19. The van der Waals surface area contributed by atoms with Gasteiger partial charge in [0.2, 0.25) is 0 Å². The van der Waals surface area contributed by atoms with Crippen molar-refractivity contribution in [1.82, 2.24) is 0 Å². The number of aliphatic hydroxyl groups is 2. The van der Waals surface area contributed by atoms with E-state index >= 15 is 0 Å². The predicted molar refractivity (Wildman–Crippen MR) is 216 cm³/mol. The van der Waals surface area contributed by atoms with Crippen molar-refractivity contribution in [2.45, 2.75) is 127 Å². The second kappa shape index (κ2) is 18.1. The summed E-state index contributed by atoms with van der Waals surface area (Å²) in [6.07, 6.45) is 14.7. The lowest BCUT2D eigenvalue weighted by Gasteiger charge is -2.39. The molecule has 4 atom stereocenters. The Morgan fingerprint density at radius 2 is 1.10 bits per heavy atom. The first-order valence-electron chi connectivity index (χ1n) is 19.0. The number of hydrogen-bond acceptors (Lipinski definition) is 4. The second-order valence-electron chi connectivity index (χ2n) is 14.3. The number of aliphatic hydroxyl groups excluding tert-OH is 2. The fourth-order valence-corrected chi connectivity index (χ4v) is 8.98. The molecule has 0 aromatic heterocycles. The highest BCUT2D eigenvalue weighted by molar-refractivity contribution is 7.99. The van der Waals surface area contributed by atoms with E-state index < -0.39 is 11.5 Å². The largest absolute Gasteiger partial charge is 0.388 e. The number of fused-ring (bicyclic) bond motifs is 3. The Bertz CT molecular complexity index is 1610. The van der Waals surface area contributed by atoms with Gasteiger partial charge in [0.15, 0.2) is 0 Å². The lowest BCUT2D eigenvalue weighted by Crippen LogP contribution is -2.33. The number of benzene rings is 4. The average Bonchev–Trinajstić information content (AvgIpc) is 3.40. The lowest BCUT2D eigenvalue weighted by molar-refractivity contribution is 0.204. The van der Waals surface area contributed by atoms with Crippen LogP contribution >= 0.6 is 24.4 Å². The monoisotopic (exact) mass is 694 g/mol. The second-order valence-corrected chi connectivity index (χ2v) is 16.1. The number of unbranched alkanes of at least 4 members (excludes halogenated alkanes) is 8. The summed E-state index contributed by atoms with van der Waals surface area (Å²) in [4.78, 5) is 1.09. The Hall–Kier alpha value is -2.50. The number of thioether (sulfide) groups is 1. The molecule has 0 heterocycles. The Labute approximate surface area is 306 Å². The molecule has 4 heteroatoms. The van der Waals surface area contributed by atoms with E-state index in [0.717, 1.165) is 16.9 Å². The van der Waals surface area contributed by atoms with Crippen LogP contribution in [0.1, 0.15) is 128 Å². The van der Waals surface area contributed by atoms with E-state index in [2.05, 4.69) is 118 Å². The van der Waals surface area contributed by atoms with Crippen molar-refractivity contribution < 1.29 is 10.2 Å². The van der Waals surface area contributed by atoms with Crippen LogP contribution in [0.2, 0.25) is 0 Å². The van der Waals surface area contributed by atoms with E-state index in [1.54, 1.807) is 0 Å². The van der Waals surface area contributed by atoms with E-state index in [1.807, 2.05) is 6.92 Å². The topological polar surface area (TPSA) is 40.5 Å². The molecule has 4 aromatic rings. The molecule has 4 aromatic carbocycles. The van der Waals surface area contributed by atoms with E-state index in [9.17, 15) is 10.2 Å². The third kappa shape index (κ3) is 8.87. The first-order valence-corrected chi connectivity index (χ1v) is 20.5. The van der Waals surface area contributed by atoms with Crippen molar-refractivity contribution in [3.05, 3.63) is 102 Å². The molecule has 0 radical (unpaired) electrons. The quantitative estimate of drug-likeness (QED) is 0.0396. The lowest BCUT2D eigenvalue weighted by atomic mass is 9.64. The van der Waals surface area contributed by atoms with Crippen LogP contribution in [0.5, 0.6) is 0 Å². The molecule has 2 nitrogen and oxygen atoms in total. The zero-order valence-corrected chi connectivity index (χ0v) is 32.0.